The van der Waals surface area contributed by atoms with Crippen LogP contribution in [-0.4, -0.2) is 29.0 Å². The first-order valence-electron chi connectivity index (χ1n) is 6.99. The molecule has 1 heterocycles. The SMILES string of the molecule is CC(C)N(CCCN)Cc1cccc2cccnc12. The molecule has 0 amide bonds. The van der Waals surface area contributed by atoms with Crippen molar-refractivity contribution in [3.8, 4) is 0 Å². The van der Waals surface area contributed by atoms with Crippen molar-refractivity contribution in [1.82, 2.24) is 9.88 Å². The number of nitrogens with two attached hydrogens (primary N) is 1. The van der Waals surface area contributed by atoms with Crippen LogP contribution >= 0.6 is 0 Å². The molecule has 2 aromatic rings. The van der Waals surface area contributed by atoms with Crippen LogP contribution in [-0.2, 0) is 6.54 Å². The van der Waals surface area contributed by atoms with E-state index in [9.17, 15) is 0 Å². The fraction of sp³-hybridized carbons (Fsp3) is 0.438. The molecule has 0 aliphatic heterocycles. The minimum absolute atomic E-state index is 0.519. The van der Waals surface area contributed by atoms with Crippen LogP contribution in [0.3, 0.4) is 0 Å². The Balaban J connectivity index is 2.23. The summed E-state index contributed by atoms with van der Waals surface area (Å²) < 4.78 is 0. The van der Waals surface area contributed by atoms with E-state index >= 15 is 0 Å². The van der Waals surface area contributed by atoms with E-state index in [1.54, 1.807) is 0 Å². The van der Waals surface area contributed by atoms with E-state index in [2.05, 4.69) is 48.0 Å². The monoisotopic (exact) mass is 257 g/mol. The predicted octanol–water partition coefficient (Wildman–Crippen LogP) is 2.79. The van der Waals surface area contributed by atoms with Gasteiger partial charge in [-0.15, -0.1) is 0 Å². The van der Waals surface area contributed by atoms with E-state index in [-0.39, 0.29) is 0 Å². The number of hydrogen-bond acceptors (Lipinski definition) is 3. The molecule has 0 atom stereocenters. The highest BCUT2D eigenvalue weighted by molar-refractivity contribution is 5.81. The summed E-state index contributed by atoms with van der Waals surface area (Å²) in [6.07, 6.45) is 2.90. The Morgan fingerprint density at radius 2 is 2.00 bits per heavy atom. The van der Waals surface area contributed by atoms with Gasteiger partial charge in [-0.05, 0) is 45.0 Å². The third kappa shape index (κ3) is 3.52. The fourth-order valence-electron chi connectivity index (χ4n) is 2.33. The van der Waals surface area contributed by atoms with Gasteiger partial charge in [0.2, 0.25) is 0 Å². The van der Waals surface area contributed by atoms with Gasteiger partial charge in [0.1, 0.15) is 0 Å². The minimum atomic E-state index is 0.519. The molecule has 1 aromatic carbocycles. The smallest absolute Gasteiger partial charge is 0.0746 e. The number of aromatic nitrogens is 1. The number of benzene rings is 1. The van der Waals surface area contributed by atoms with Gasteiger partial charge in [0.25, 0.3) is 0 Å². The number of pyridine rings is 1. The number of fused-ring (bicyclic) bond motifs is 1. The maximum absolute atomic E-state index is 5.62. The summed E-state index contributed by atoms with van der Waals surface area (Å²) >= 11 is 0. The van der Waals surface area contributed by atoms with Crippen LogP contribution in [0.15, 0.2) is 36.5 Å². The summed E-state index contributed by atoms with van der Waals surface area (Å²) in [5.41, 5.74) is 8.03. The lowest BCUT2D eigenvalue weighted by molar-refractivity contribution is 0.212. The molecule has 2 N–H and O–H groups in total. The fourth-order valence-corrected chi connectivity index (χ4v) is 2.33. The zero-order valence-corrected chi connectivity index (χ0v) is 11.8. The molecule has 0 saturated heterocycles. The van der Waals surface area contributed by atoms with Crippen LogP contribution in [0.5, 0.6) is 0 Å². The molecule has 102 valence electrons. The highest BCUT2D eigenvalue weighted by Gasteiger charge is 2.11. The van der Waals surface area contributed by atoms with E-state index in [0.717, 1.165) is 31.6 Å². The third-order valence-corrected chi connectivity index (χ3v) is 3.47. The molecule has 0 saturated carbocycles. The first kappa shape index (κ1) is 14.0. The average Bonchev–Trinajstić information content (AvgIpc) is 2.43. The Labute approximate surface area is 115 Å². The summed E-state index contributed by atoms with van der Waals surface area (Å²) in [7, 11) is 0. The van der Waals surface area contributed by atoms with Crippen molar-refractivity contribution in [3.63, 3.8) is 0 Å². The largest absolute Gasteiger partial charge is 0.330 e. The van der Waals surface area contributed by atoms with E-state index in [4.69, 9.17) is 5.73 Å². The Morgan fingerprint density at radius 1 is 1.21 bits per heavy atom. The lowest BCUT2D eigenvalue weighted by atomic mass is 10.1. The van der Waals surface area contributed by atoms with E-state index in [1.165, 1.54) is 10.9 Å². The normalized spacial score (nSPS) is 11.6. The van der Waals surface area contributed by atoms with Gasteiger partial charge < -0.3 is 5.73 Å². The molecule has 0 unspecified atom stereocenters. The quantitative estimate of drug-likeness (QED) is 0.865. The predicted molar refractivity (Wildman–Crippen MR) is 81.0 cm³/mol. The van der Waals surface area contributed by atoms with Gasteiger partial charge in [-0.25, -0.2) is 0 Å². The molecule has 0 aliphatic rings. The van der Waals surface area contributed by atoms with Gasteiger partial charge >= 0.3 is 0 Å². The van der Waals surface area contributed by atoms with Gasteiger partial charge in [0, 0.05) is 24.2 Å². The molecule has 0 spiro atoms. The molecule has 2 rings (SSSR count). The van der Waals surface area contributed by atoms with Crippen LogP contribution in [0.25, 0.3) is 10.9 Å². The summed E-state index contributed by atoms with van der Waals surface area (Å²) in [6.45, 7) is 7.19. The second kappa shape index (κ2) is 6.64. The maximum Gasteiger partial charge on any atom is 0.0746 e. The van der Waals surface area contributed by atoms with Crippen LogP contribution in [0.1, 0.15) is 25.8 Å². The number of para-hydroxylation sites is 1. The Bertz CT molecular complexity index is 517. The molecule has 0 aliphatic carbocycles. The van der Waals surface area contributed by atoms with Crippen LogP contribution in [0.4, 0.5) is 0 Å². The van der Waals surface area contributed by atoms with Gasteiger partial charge in [0.05, 0.1) is 5.52 Å². The standard InChI is InChI=1S/C16H23N3/c1-13(2)19(11-5-9-17)12-15-7-3-6-14-8-4-10-18-16(14)15/h3-4,6-8,10,13H,5,9,11-12,17H2,1-2H3. The first-order valence-corrected chi connectivity index (χ1v) is 6.99. The van der Waals surface area contributed by atoms with Crippen molar-refractivity contribution < 1.29 is 0 Å². The van der Waals surface area contributed by atoms with Crippen molar-refractivity contribution >= 4 is 10.9 Å². The van der Waals surface area contributed by atoms with E-state index < -0.39 is 0 Å². The van der Waals surface area contributed by atoms with Gasteiger partial charge in [-0.2, -0.15) is 0 Å². The van der Waals surface area contributed by atoms with Crippen LogP contribution in [0, 0.1) is 0 Å². The Kier molecular flexibility index (Phi) is 4.88. The van der Waals surface area contributed by atoms with Crippen LogP contribution in [0.2, 0.25) is 0 Å². The maximum atomic E-state index is 5.62. The van der Waals surface area contributed by atoms with E-state index in [0.29, 0.717) is 6.04 Å². The van der Waals surface area contributed by atoms with Gasteiger partial charge in [0.15, 0.2) is 0 Å². The van der Waals surface area contributed by atoms with Crippen molar-refractivity contribution in [2.45, 2.75) is 32.9 Å². The molecule has 3 heteroatoms. The molecule has 0 fully saturated rings. The molecule has 19 heavy (non-hydrogen) atoms. The lowest BCUT2D eigenvalue weighted by Gasteiger charge is -2.26. The molecular formula is C16H23N3. The number of nitrogens with zero attached hydrogens (tertiary/aromatic N) is 2. The zero-order chi connectivity index (χ0) is 13.7. The Hall–Kier alpha value is -1.45. The van der Waals surface area contributed by atoms with Crippen molar-refractivity contribution in [2.24, 2.45) is 5.73 Å². The molecule has 0 bridgehead atoms. The molecule has 3 nitrogen and oxygen atoms in total. The lowest BCUT2D eigenvalue weighted by Crippen LogP contribution is -2.32. The summed E-state index contributed by atoms with van der Waals surface area (Å²) in [4.78, 5) is 6.98. The van der Waals surface area contributed by atoms with Crippen molar-refractivity contribution in [3.05, 3.63) is 42.1 Å². The molecule has 0 radical (unpaired) electrons. The second-order valence-electron chi connectivity index (χ2n) is 5.20. The summed E-state index contributed by atoms with van der Waals surface area (Å²) in [5, 5.41) is 1.21. The van der Waals surface area contributed by atoms with E-state index in [1.807, 2.05) is 12.3 Å². The zero-order valence-electron chi connectivity index (χ0n) is 11.8. The molecule has 1 aromatic heterocycles. The highest BCUT2D eigenvalue weighted by Crippen LogP contribution is 2.18. The number of hydrogen-bond donors (Lipinski definition) is 1. The average molecular weight is 257 g/mol. The van der Waals surface area contributed by atoms with Crippen molar-refractivity contribution in [1.29, 1.82) is 0 Å². The minimum Gasteiger partial charge on any atom is -0.330 e. The highest BCUT2D eigenvalue weighted by atomic mass is 15.1. The molecular weight excluding hydrogens is 234 g/mol. The second-order valence-corrected chi connectivity index (χ2v) is 5.20. The summed E-state index contributed by atoms with van der Waals surface area (Å²) in [6, 6.07) is 11.0. The van der Waals surface area contributed by atoms with Crippen LogP contribution < -0.4 is 5.73 Å². The van der Waals surface area contributed by atoms with Gasteiger partial charge in [-0.1, -0.05) is 24.3 Å². The van der Waals surface area contributed by atoms with Gasteiger partial charge in [-0.3, -0.25) is 9.88 Å². The number of rotatable bonds is 6. The Morgan fingerprint density at radius 3 is 2.74 bits per heavy atom. The third-order valence-electron chi connectivity index (χ3n) is 3.47. The summed E-state index contributed by atoms with van der Waals surface area (Å²) in [5.74, 6) is 0. The van der Waals surface area contributed by atoms with Crippen molar-refractivity contribution in [2.75, 3.05) is 13.1 Å². The first-order chi connectivity index (χ1) is 9.22. The topological polar surface area (TPSA) is 42.1 Å².